The number of methoxy groups -OCH3 is 2. The van der Waals surface area contributed by atoms with Gasteiger partial charge >= 0.3 is 35.9 Å². The Bertz CT molecular complexity index is 2700. The summed E-state index contributed by atoms with van der Waals surface area (Å²) in [4.78, 5) is 118. The quantitative estimate of drug-likeness (QED) is 0.0943. The second-order valence-corrected chi connectivity index (χ2v) is 27.7. The van der Waals surface area contributed by atoms with E-state index in [1.54, 1.807) is 28.0 Å². The van der Waals surface area contributed by atoms with Crippen molar-refractivity contribution < 1.29 is 92.0 Å². The van der Waals surface area contributed by atoms with Crippen LogP contribution in [0.5, 0.6) is 0 Å². The van der Waals surface area contributed by atoms with Crippen LogP contribution in [-0.4, -0.2) is 209 Å². The lowest BCUT2D eigenvalue weighted by Crippen LogP contribution is -2.41. The molecule has 99 heavy (non-hydrogen) atoms. The Labute approximate surface area is 589 Å². The molecule has 0 spiro atoms. The van der Waals surface area contributed by atoms with Gasteiger partial charge in [-0.3, -0.25) is 49.0 Å². The van der Waals surface area contributed by atoms with Crippen LogP contribution in [0, 0.1) is 40.9 Å². The van der Waals surface area contributed by atoms with Crippen molar-refractivity contribution in [2.75, 3.05) is 97.7 Å². The van der Waals surface area contributed by atoms with Gasteiger partial charge in [-0.2, -0.15) is 5.26 Å². The van der Waals surface area contributed by atoms with Crippen LogP contribution in [0.1, 0.15) is 216 Å². The number of urea groups is 2. The number of carboxylic acid groups (broad SMARTS) is 2. The second-order valence-electron chi connectivity index (χ2n) is 26.7. The van der Waals surface area contributed by atoms with Gasteiger partial charge in [-0.1, -0.05) is 66.7 Å². The number of amides is 5. The van der Waals surface area contributed by atoms with Crippen molar-refractivity contribution >= 4 is 79.4 Å². The molecule has 29 heteroatoms. The summed E-state index contributed by atoms with van der Waals surface area (Å²) in [5, 5.41) is 66.2. The molecule has 566 valence electrons. The van der Waals surface area contributed by atoms with Crippen molar-refractivity contribution in [3.63, 3.8) is 0 Å². The number of carbonyl (C=O) groups is 10. The molecule has 0 atom stereocenters. The molecule has 2 aromatic rings. The molecule has 4 heterocycles. The number of ether oxygens (including phenoxy) is 2. The minimum absolute atomic E-state index is 0. The Hall–Kier alpha value is -6.92. The highest BCUT2D eigenvalue weighted by Crippen LogP contribution is 2.29. The number of aliphatic carboxylic acids is 2. The fourth-order valence-corrected chi connectivity index (χ4v) is 10.9. The van der Waals surface area contributed by atoms with Gasteiger partial charge in [-0.05, 0) is 123 Å². The molecule has 0 radical (unpaired) electrons. The maximum Gasteiger partial charge on any atom is 0.323 e. The topological polar surface area (TPSA) is 412 Å². The molecule has 2 saturated heterocycles. The van der Waals surface area contributed by atoms with E-state index in [4.69, 9.17) is 39.8 Å². The largest absolute Gasteiger partial charge is 0.481 e. The predicted octanol–water partition coefficient (Wildman–Crippen LogP) is 10.0. The first-order valence-electron chi connectivity index (χ1n) is 33.8. The average molecular weight is 1420 g/mol. The normalized spacial score (nSPS) is 20.3. The molecule has 8 N–H and O–H groups in total. The van der Waals surface area contributed by atoms with Crippen LogP contribution in [0.25, 0.3) is 0 Å². The smallest absolute Gasteiger partial charge is 0.323 e. The van der Waals surface area contributed by atoms with Crippen molar-refractivity contribution in [3.8, 4) is 6.07 Å². The number of aliphatic hydroxyl groups excluding tert-OH is 3. The van der Waals surface area contributed by atoms with E-state index in [0.29, 0.717) is 146 Å². The number of hydrogen-bond acceptors (Lipinski definition) is 21. The Balaban J connectivity index is 0. The van der Waals surface area contributed by atoms with E-state index < -0.39 is 11.9 Å². The summed E-state index contributed by atoms with van der Waals surface area (Å²) in [5.74, 6) is 0.918. The molecule has 0 unspecified atom stereocenters. The number of aliphatic hydroxyl groups is 3. The zero-order chi connectivity index (χ0) is 73.3. The van der Waals surface area contributed by atoms with Gasteiger partial charge < -0.3 is 64.1 Å². The van der Waals surface area contributed by atoms with E-state index in [0.717, 1.165) is 86.2 Å². The van der Waals surface area contributed by atoms with E-state index >= 15 is 0 Å². The highest BCUT2D eigenvalue weighted by Gasteiger charge is 2.32. The molecule has 28 nitrogen and oxygen atoms in total. The third-order valence-corrected chi connectivity index (χ3v) is 16.8. The lowest BCUT2D eigenvalue weighted by atomic mass is 9.87. The first-order chi connectivity index (χ1) is 45.9. The number of nitrogens with zero attached hydrogens (tertiary/aromatic N) is 6. The molecule has 9 rings (SSSR count). The summed E-state index contributed by atoms with van der Waals surface area (Å²) in [7, 11) is 4.88. The lowest BCUT2D eigenvalue weighted by Gasteiger charge is -2.28. The second kappa shape index (κ2) is 51.3. The van der Waals surface area contributed by atoms with Crippen molar-refractivity contribution in [1.82, 2.24) is 30.3 Å². The molecule has 2 aromatic heterocycles. The summed E-state index contributed by atoms with van der Waals surface area (Å²) >= 11 is 0. The van der Waals surface area contributed by atoms with Crippen molar-refractivity contribution in [2.45, 2.75) is 228 Å². The Morgan fingerprint density at radius 1 is 0.535 bits per heavy atom. The van der Waals surface area contributed by atoms with Crippen molar-refractivity contribution in [3.05, 3.63) is 23.7 Å². The number of Topliss-reactive ketones (excluding diaryl/α,β-unsaturated/α-hetero) is 3. The molecule has 7 fully saturated rings. The Morgan fingerprint density at radius 3 is 1.21 bits per heavy atom. The first-order valence-corrected chi connectivity index (χ1v) is 35.8. The molecule has 0 bridgehead atoms. The number of aromatic nitrogens is 2. The van der Waals surface area contributed by atoms with Crippen LogP contribution in [0.4, 0.5) is 21.2 Å². The van der Waals surface area contributed by atoms with E-state index in [1.165, 1.54) is 21.1 Å². The average Bonchev–Trinajstić information content (AvgIpc) is 1.74. The number of esters is 2. The third kappa shape index (κ3) is 38.5. The zero-order valence-electron chi connectivity index (χ0n) is 59.5. The number of nitrogens with one attached hydrogen (secondary N) is 3. The van der Waals surface area contributed by atoms with E-state index in [9.17, 15) is 47.9 Å². The van der Waals surface area contributed by atoms with Crippen LogP contribution in [0.2, 0.25) is 0 Å². The van der Waals surface area contributed by atoms with Gasteiger partial charge in [0.2, 0.25) is 5.91 Å². The Morgan fingerprint density at radius 2 is 0.848 bits per heavy atom. The molecular weight excluding hydrogens is 1300 g/mol. The zero-order valence-corrected chi connectivity index (χ0v) is 60.5. The number of ketones is 3. The van der Waals surface area contributed by atoms with Crippen LogP contribution < -0.4 is 16.0 Å². The van der Waals surface area contributed by atoms with Crippen molar-refractivity contribution in [1.29, 1.82) is 5.26 Å². The maximum atomic E-state index is 12.8. The van der Waals surface area contributed by atoms with Crippen LogP contribution in [0.15, 0.2) is 21.2 Å². The number of carbonyl (C=O) groups excluding carboxylic acids is 8. The van der Waals surface area contributed by atoms with Crippen molar-refractivity contribution in [2.24, 2.45) is 29.6 Å². The number of rotatable bonds is 7. The fraction of sp³-hybridized carbons (Fsp3) is 0.757. The standard InChI is InChI=1S/C20H30N4O4.C13H22N4O2.C8H14O3.C8H12O3.C7H12O3.C7H10O3.C2H3N.C2H7P.CH4O.2CH4/c1-20(2,3)16-13-17(22-28-16)21-19(27)24-10-4-9-23(11-12-24)18(26)14-5-7-15(25)8-6-14;1-13(2,3)10-9-11(16-19-10)15-12(18)17-7-4-5-14-6-8-17;2*1-11-8(10)6-2-4-7(9)5-3-6;2*8-6-3-1-5(2-4-6)7(9)10;1-2-3;1-3-2;1-2;;/h13-14H,4-12H2,1-3H3,(H,21,22,27);9,14H,4-8H2,1-3H3,(H,15,16,18);6-7,9H,2-5H2,1H3;6H,2-5H2,1H3;5-6,8H,1-4H2,(H,9,10);5H,1-4H2,(H,9,10);1H3;3H,1-2H3;2H,1H3;2*1H4. The predicted molar refractivity (Wildman–Crippen MR) is 379 cm³/mol. The SMILES string of the molecule is C.C.CC#N.CC(C)(C)c1cc(NC(=O)N2CCCN(C(=O)C3CCC(=O)CC3)CC2)no1.CC(C)(C)c1cc(NC(=O)N2CCCNCC2)no1.CO.COC(=O)C1CCC(=O)CC1.COC(=O)C1CCC(O)CC1.CPC.O=C(O)C1CCC(O)CC1.O=C1CCC(C(=O)O)CC1. The third-order valence-electron chi connectivity index (χ3n) is 16.8. The van der Waals surface area contributed by atoms with Gasteiger partial charge in [-0.15, -0.1) is 8.58 Å². The Kier molecular flexibility index (Phi) is 48.7. The molecule has 2 aliphatic heterocycles. The summed E-state index contributed by atoms with van der Waals surface area (Å²) in [6, 6.07) is 4.94. The molecule has 5 aliphatic carbocycles. The van der Waals surface area contributed by atoms with Gasteiger partial charge in [0.25, 0.3) is 0 Å². The minimum Gasteiger partial charge on any atom is -0.481 e. The molecule has 0 aromatic carbocycles. The van der Waals surface area contributed by atoms with E-state index in [-0.39, 0.29) is 115 Å². The summed E-state index contributed by atoms with van der Waals surface area (Å²) in [6.07, 6.45) is 13.6. The molecule has 5 amide bonds. The molecule has 5 saturated carbocycles. The monoisotopic (exact) mass is 1420 g/mol. The first kappa shape index (κ1) is 94.1. The highest BCUT2D eigenvalue weighted by atomic mass is 31.1. The minimum atomic E-state index is -0.757. The van der Waals surface area contributed by atoms with E-state index in [1.807, 2.05) is 46.4 Å². The van der Waals surface area contributed by atoms with Crippen LogP contribution in [-0.2, 0) is 58.7 Å². The van der Waals surface area contributed by atoms with Crippen LogP contribution >= 0.6 is 8.58 Å². The van der Waals surface area contributed by atoms with Gasteiger partial charge in [-0.25, -0.2) is 9.59 Å². The number of nitriles is 1. The maximum absolute atomic E-state index is 12.8. The van der Waals surface area contributed by atoms with E-state index in [2.05, 4.69) is 49.1 Å². The highest BCUT2D eigenvalue weighted by molar-refractivity contribution is 7.35. The lowest BCUT2D eigenvalue weighted by molar-refractivity contribution is -0.148. The van der Waals surface area contributed by atoms with Gasteiger partial charge in [0.15, 0.2) is 11.6 Å². The summed E-state index contributed by atoms with van der Waals surface area (Å²) in [6.45, 7) is 23.4. The number of anilines is 2. The molecular formula is C70H122N9O19P. The van der Waals surface area contributed by atoms with Crippen LogP contribution in [0.3, 0.4) is 0 Å². The number of hydrogen-bond donors (Lipinski definition) is 8. The van der Waals surface area contributed by atoms with Gasteiger partial charge in [0.05, 0.1) is 56.2 Å². The van der Waals surface area contributed by atoms with Gasteiger partial charge in [0, 0.05) is 127 Å². The van der Waals surface area contributed by atoms with Gasteiger partial charge in [0.1, 0.15) is 28.9 Å². The fourth-order valence-electron chi connectivity index (χ4n) is 10.9. The molecule has 7 aliphatic rings. The number of carboxylic acids is 2. The summed E-state index contributed by atoms with van der Waals surface area (Å²) in [5.41, 5.74) is -0.286. The summed E-state index contributed by atoms with van der Waals surface area (Å²) < 4.78 is 19.7.